The predicted octanol–water partition coefficient (Wildman–Crippen LogP) is 2.89. The fraction of sp³-hybridized carbons (Fsp3) is 0.500. The van der Waals surface area contributed by atoms with E-state index < -0.39 is 0 Å². The molecule has 0 aliphatic heterocycles. The summed E-state index contributed by atoms with van der Waals surface area (Å²) in [5.74, 6) is 1.05. The minimum atomic E-state index is 0.540. The molecule has 12 heavy (non-hydrogen) atoms. The van der Waals surface area contributed by atoms with Gasteiger partial charge in [0, 0.05) is 18.4 Å². The lowest BCUT2D eigenvalue weighted by Crippen LogP contribution is -2.04. The molecule has 2 heteroatoms. The second kappa shape index (κ2) is 4.10. The number of imidazole rings is 1. The second-order valence-corrected chi connectivity index (χ2v) is 2.95. The molecule has 0 saturated carbocycles. The Balaban J connectivity index is 2.90. The van der Waals surface area contributed by atoms with Crippen LogP contribution in [0.4, 0.5) is 0 Å². The molecule has 0 unspecified atom stereocenters. The summed E-state index contributed by atoms with van der Waals surface area (Å²) >= 11 is 0. The number of aromatic nitrogens is 2. The predicted molar refractivity (Wildman–Crippen MR) is 51.9 cm³/mol. The molecule has 1 aromatic heterocycles. The van der Waals surface area contributed by atoms with Gasteiger partial charge in [0.05, 0.1) is 0 Å². The first-order valence-electron chi connectivity index (χ1n) is 4.45. The molecule has 0 spiro atoms. The largest absolute Gasteiger partial charge is 0.329 e. The molecule has 1 atom stereocenters. The monoisotopic (exact) mass is 164 g/mol. The Kier molecular flexibility index (Phi) is 3.09. The first-order valence-corrected chi connectivity index (χ1v) is 4.45. The van der Waals surface area contributed by atoms with E-state index in [1.165, 1.54) is 0 Å². The van der Waals surface area contributed by atoms with Gasteiger partial charge in [-0.1, -0.05) is 13.0 Å². The van der Waals surface area contributed by atoms with Gasteiger partial charge < -0.3 is 4.57 Å². The van der Waals surface area contributed by atoms with E-state index in [0.29, 0.717) is 6.04 Å². The van der Waals surface area contributed by atoms with Crippen molar-refractivity contribution in [1.29, 1.82) is 0 Å². The van der Waals surface area contributed by atoms with Gasteiger partial charge in [-0.15, -0.1) is 0 Å². The number of hydrogen-bond acceptors (Lipinski definition) is 1. The molecule has 0 amide bonds. The van der Waals surface area contributed by atoms with Gasteiger partial charge in [-0.25, -0.2) is 4.98 Å². The highest BCUT2D eigenvalue weighted by atomic mass is 15.1. The van der Waals surface area contributed by atoms with E-state index >= 15 is 0 Å². The molecule has 2 nitrogen and oxygen atoms in total. The summed E-state index contributed by atoms with van der Waals surface area (Å²) in [6, 6.07) is 0.540. The maximum atomic E-state index is 4.25. The van der Waals surface area contributed by atoms with E-state index in [2.05, 4.69) is 23.4 Å². The van der Waals surface area contributed by atoms with E-state index in [9.17, 15) is 0 Å². The van der Waals surface area contributed by atoms with Gasteiger partial charge in [0.25, 0.3) is 0 Å². The number of rotatable bonds is 3. The molecule has 0 aliphatic rings. The Bertz CT molecular complexity index is 261. The van der Waals surface area contributed by atoms with Crippen molar-refractivity contribution < 1.29 is 0 Å². The van der Waals surface area contributed by atoms with Crippen LogP contribution in [0.3, 0.4) is 0 Å². The molecule has 0 saturated heterocycles. The second-order valence-electron chi connectivity index (χ2n) is 2.95. The topological polar surface area (TPSA) is 17.8 Å². The van der Waals surface area contributed by atoms with Gasteiger partial charge in [-0.05, 0) is 26.3 Å². The van der Waals surface area contributed by atoms with Crippen LogP contribution in [0.2, 0.25) is 0 Å². The summed E-state index contributed by atoms with van der Waals surface area (Å²) < 4.78 is 2.19. The normalized spacial score (nSPS) is 13.9. The Morgan fingerprint density at radius 3 is 3.00 bits per heavy atom. The maximum absolute atomic E-state index is 4.25. The summed E-state index contributed by atoms with van der Waals surface area (Å²) in [7, 11) is 0. The van der Waals surface area contributed by atoms with Crippen molar-refractivity contribution in [1.82, 2.24) is 9.55 Å². The van der Waals surface area contributed by atoms with E-state index in [1.54, 1.807) is 0 Å². The van der Waals surface area contributed by atoms with Crippen LogP contribution in [0, 0.1) is 0 Å². The average Bonchev–Trinajstić information content (AvgIpc) is 2.52. The first kappa shape index (κ1) is 9.04. The van der Waals surface area contributed by atoms with E-state index in [-0.39, 0.29) is 0 Å². The number of allylic oxidation sites excluding steroid dienone is 1. The molecule has 0 fully saturated rings. The lowest BCUT2D eigenvalue weighted by Gasteiger charge is -2.11. The SMILES string of the molecule is C/C=C\c1nccn1[C@H](C)CC. The third kappa shape index (κ3) is 1.76. The third-order valence-corrected chi connectivity index (χ3v) is 2.08. The average molecular weight is 164 g/mol. The van der Waals surface area contributed by atoms with Crippen LogP contribution >= 0.6 is 0 Å². The molecule has 0 aromatic carbocycles. The fourth-order valence-corrected chi connectivity index (χ4v) is 1.17. The van der Waals surface area contributed by atoms with E-state index in [1.807, 2.05) is 31.5 Å². The van der Waals surface area contributed by atoms with Crippen LogP contribution in [0.5, 0.6) is 0 Å². The molecule has 0 radical (unpaired) electrons. The van der Waals surface area contributed by atoms with Gasteiger partial charge in [-0.2, -0.15) is 0 Å². The zero-order valence-electron chi connectivity index (χ0n) is 7.99. The minimum absolute atomic E-state index is 0.540. The summed E-state index contributed by atoms with van der Waals surface area (Å²) in [4.78, 5) is 4.25. The summed E-state index contributed by atoms with van der Waals surface area (Å²) in [5.41, 5.74) is 0. The van der Waals surface area contributed by atoms with Gasteiger partial charge in [-0.3, -0.25) is 0 Å². The Hall–Kier alpha value is -1.05. The molecule has 1 heterocycles. The molecule has 1 rings (SSSR count). The summed E-state index contributed by atoms with van der Waals surface area (Å²) in [6.07, 6.45) is 9.07. The highest BCUT2D eigenvalue weighted by Crippen LogP contribution is 2.13. The van der Waals surface area contributed by atoms with E-state index in [0.717, 1.165) is 12.2 Å². The van der Waals surface area contributed by atoms with Crippen LogP contribution in [0.1, 0.15) is 39.1 Å². The zero-order chi connectivity index (χ0) is 8.97. The summed E-state index contributed by atoms with van der Waals surface area (Å²) in [6.45, 7) is 6.40. The maximum Gasteiger partial charge on any atom is 0.132 e. The number of hydrogen-bond donors (Lipinski definition) is 0. The zero-order valence-corrected chi connectivity index (χ0v) is 7.99. The van der Waals surface area contributed by atoms with E-state index in [4.69, 9.17) is 0 Å². The Labute approximate surface area is 73.9 Å². The minimum Gasteiger partial charge on any atom is -0.329 e. The molecule has 0 bridgehead atoms. The van der Waals surface area contributed by atoms with Crippen molar-refractivity contribution in [2.24, 2.45) is 0 Å². The van der Waals surface area contributed by atoms with Gasteiger partial charge >= 0.3 is 0 Å². The highest BCUT2D eigenvalue weighted by Gasteiger charge is 2.04. The summed E-state index contributed by atoms with van der Waals surface area (Å²) in [5, 5.41) is 0. The van der Waals surface area contributed by atoms with Gasteiger partial charge in [0.15, 0.2) is 0 Å². The van der Waals surface area contributed by atoms with Crippen molar-refractivity contribution >= 4 is 6.08 Å². The molecule has 0 N–H and O–H groups in total. The van der Waals surface area contributed by atoms with Crippen LogP contribution < -0.4 is 0 Å². The standard InChI is InChI=1S/C10H16N2/c1-4-6-10-11-7-8-12(10)9(3)5-2/h4,6-9H,5H2,1-3H3/b6-4-/t9-/m1/s1. The quantitative estimate of drug-likeness (QED) is 0.671. The van der Waals surface area contributed by atoms with Gasteiger partial charge in [0.2, 0.25) is 0 Å². The number of nitrogens with zero attached hydrogens (tertiary/aromatic N) is 2. The molecule has 1 aromatic rings. The molecule has 0 aliphatic carbocycles. The third-order valence-electron chi connectivity index (χ3n) is 2.08. The van der Waals surface area contributed by atoms with Crippen LogP contribution in [0.15, 0.2) is 18.5 Å². The van der Waals surface area contributed by atoms with Crippen molar-refractivity contribution in [3.63, 3.8) is 0 Å². The Morgan fingerprint density at radius 2 is 2.42 bits per heavy atom. The molecular formula is C10H16N2. The van der Waals surface area contributed by atoms with Crippen LogP contribution in [0.25, 0.3) is 6.08 Å². The lowest BCUT2D eigenvalue weighted by atomic mass is 10.2. The van der Waals surface area contributed by atoms with Crippen molar-refractivity contribution in [3.8, 4) is 0 Å². The molecule has 66 valence electrons. The fourth-order valence-electron chi connectivity index (χ4n) is 1.17. The highest BCUT2D eigenvalue weighted by molar-refractivity contribution is 5.39. The molecular weight excluding hydrogens is 148 g/mol. The lowest BCUT2D eigenvalue weighted by molar-refractivity contribution is 0.526. The van der Waals surface area contributed by atoms with Gasteiger partial charge in [0.1, 0.15) is 5.82 Å². The van der Waals surface area contributed by atoms with Crippen molar-refractivity contribution in [2.75, 3.05) is 0 Å². The smallest absolute Gasteiger partial charge is 0.132 e. The van der Waals surface area contributed by atoms with Crippen molar-refractivity contribution in [3.05, 3.63) is 24.3 Å². The van der Waals surface area contributed by atoms with Crippen molar-refractivity contribution in [2.45, 2.75) is 33.2 Å². The van der Waals surface area contributed by atoms with Crippen LogP contribution in [-0.4, -0.2) is 9.55 Å². The first-order chi connectivity index (χ1) is 5.79. The Morgan fingerprint density at radius 1 is 1.67 bits per heavy atom. The van der Waals surface area contributed by atoms with Crippen LogP contribution in [-0.2, 0) is 0 Å².